The Labute approximate surface area is 289 Å². The van der Waals surface area contributed by atoms with Crippen molar-refractivity contribution in [3.05, 3.63) is 152 Å². The number of fused-ring (bicyclic) bond motifs is 12. The van der Waals surface area contributed by atoms with Crippen LogP contribution in [0.2, 0.25) is 0 Å². The van der Waals surface area contributed by atoms with E-state index < -0.39 is 0 Å². The van der Waals surface area contributed by atoms with Gasteiger partial charge in [0.1, 0.15) is 0 Å². The molecule has 0 atom stereocenters. The van der Waals surface area contributed by atoms with Gasteiger partial charge in [0.25, 0.3) is 0 Å². The summed E-state index contributed by atoms with van der Waals surface area (Å²) in [6.45, 7) is 0. The first-order valence-electron chi connectivity index (χ1n) is 15.4. The first-order valence-corrected chi connectivity index (χ1v) is 15.4. The van der Waals surface area contributed by atoms with Crippen molar-refractivity contribution in [3.8, 4) is 33.8 Å². The third kappa shape index (κ3) is 4.34. The maximum Gasteiger partial charge on any atom is 2.00 e. The quantitative estimate of drug-likeness (QED) is 0.132. The Hall–Kier alpha value is -5.84. The summed E-state index contributed by atoms with van der Waals surface area (Å²) in [4.78, 5) is 14.1. The second-order valence-electron chi connectivity index (χ2n) is 11.6. The monoisotopic (exact) mass is 796 g/mol. The predicted octanol–water partition coefficient (Wildman–Crippen LogP) is 9.71. The molecule has 5 heterocycles. The normalized spacial score (nSPS) is 11.6. The van der Waals surface area contributed by atoms with Crippen LogP contribution in [0.25, 0.3) is 77.0 Å². The van der Waals surface area contributed by atoms with E-state index >= 15 is 0 Å². The average Bonchev–Trinajstić information content (AvgIpc) is 3.84. The molecule has 0 bridgehead atoms. The summed E-state index contributed by atoms with van der Waals surface area (Å²) >= 11 is 0. The smallest absolute Gasteiger partial charge is 0.497 e. The van der Waals surface area contributed by atoms with Gasteiger partial charge in [-0.1, -0.05) is 113 Å². The zero-order chi connectivity index (χ0) is 30.9. The number of hydrogen-bond acceptors (Lipinski definition) is 4. The Balaban J connectivity index is 0.00000314. The van der Waals surface area contributed by atoms with Gasteiger partial charge in [-0.15, -0.1) is 12.1 Å². The summed E-state index contributed by atoms with van der Waals surface area (Å²) in [6.07, 6.45) is 9.41. The van der Waals surface area contributed by atoms with Crippen molar-refractivity contribution in [1.82, 2.24) is 23.8 Å². The van der Waals surface area contributed by atoms with E-state index in [9.17, 15) is 0 Å². The Morgan fingerprint density at radius 2 is 1.08 bits per heavy atom. The van der Waals surface area contributed by atoms with Gasteiger partial charge in [0, 0.05) is 48.0 Å². The fourth-order valence-electron chi connectivity index (χ4n) is 6.84. The first-order chi connectivity index (χ1) is 23.3. The average molecular weight is 797 g/mol. The van der Waals surface area contributed by atoms with Crippen molar-refractivity contribution >= 4 is 54.8 Å². The van der Waals surface area contributed by atoms with E-state index in [0.717, 1.165) is 60.3 Å². The molecule has 0 aliphatic carbocycles. The summed E-state index contributed by atoms with van der Waals surface area (Å²) in [5.74, 6) is 1.16. The number of benzene rings is 5. The van der Waals surface area contributed by atoms with E-state index in [4.69, 9.17) is 9.72 Å². The number of imidazole rings is 2. The standard InChI is InChI=1S/C41H23N5O.Pt/c1-3-8-26(9-4-1)32-24-34-30-15-13-28(22-35(30)40-43-19-21-46(40)38(34)25-33(32)27-10-5-2-6-11-27)47-29-14-16-31-36(23-29)41-44-18-20-45(41)37-12-7-17-42-39(31)37;/h1-21,24-25H;/q-2;+2. The van der Waals surface area contributed by atoms with E-state index in [2.05, 4.69) is 111 Å². The number of pyridine rings is 3. The molecule has 0 radical (unpaired) electrons. The number of nitrogens with zero attached hydrogens (tertiary/aromatic N) is 5. The van der Waals surface area contributed by atoms with Gasteiger partial charge in [-0.3, -0.25) is 15.0 Å². The molecule has 0 N–H and O–H groups in total. The fraction of sp³-hybridized carbons (Fsp3) is 0. The van der Waals surface area contributed by atoms with E-state index in [1.807, 2.05) is 53.5 Å². The van der Waals surface area contributed by atoms with Crippen LogP contribution < -0.4 is 4.74 Å². The summed E-state index contributed by atoms with van der Waals surface area (Å²) < 4.78 is 10.6. The minimum Gasteiger partial charge on any atom is -0.497 e. The van der Waals surface area contributed by atoms with E-state index in [1.54, 1.807) is 6.20 Å². The van der Waals surface area contributed by atoms with Gasteiger partial charge in [0.2, 0.25) is 0 Å². The van der Waals surface area contributed by atoms with Crippen LogP contribution in [0, 0.1) is 12.1 Å². The number of aromatic nitrogens is 5. The molecule has 5 aromatic heterocycles. The van der Waals surface area contributed by atoms with Gasteiger partial charge in [0.05, 0.1) is 22.3 Å². The number of ether oxygens (including phenoxy) is 1. The SMILES string of the molecule is [Pt+2].[c-]1c(Oc2[c-]c3c(cc2)c2ncccc2n2ccnc32)ccc2c1c1nccn1c1cc(-c3ccccc3)c(-c3ccccc3)cc21. The second-order valence-corrected chi connectivity index (χ2v) is 11.6. The molecule has 10 rings (SSSR count). The van der Waals surface area contributed by atoms with Gasteiger partial charge in [-0.25, -0.2) is 0 Å². The van der Waals surface area contributed by atoms with Gasteiger partial charge < -0.3 is 13.5 Å². The molecule has 6 nitrogen and oxygen atoms in total. The molecule has 0 unspecified atom stereocenters. The van der Waals surface area contributed by atoms with Crippen LogP contribution in [-0.2, 0) is 21.1 Å². The molecule has 7 heteroatoms. The summed E-state index contributed by atoms with van der Waals surface area (Å²) in [7, 11) is 0. The Kier molecular flexibility index (Phi) is 6.59. The predicted molar refractivity (Wildman–Crippen MR) is 187 cm³/mol. The van der Waals surface area contributed by atoms with Gasteiger partial charge >= 0.3 is 21.1 Å². The van der Waals surface area contributed by atoms with Crippen molar-refractivity contribution in [2.24, 2.45) is 0 Å². The van der Waals surface area contributed by atoms with Gasteiger partial charge in [0.15, 0.2) is 0 Å². The third-order valence-electron chi connectivity index (χ3n) is 8.94. The zero-order valence-corrected chi connectivity index (χ0v) is 27.5. The third-order valence-corrected chi connectivity index (χ3v) is 8.94. The Morgan fingerprint density at radius 3 is 1.75 bits per heavy atom. The molecule has 0 amide bonds. The Morgan fingerprint density at radius 1 is 0.500 bits per heavy atom. The largest absolute Gasteiger partial charge is 2.00 e. The number of hydrogen-bond donors (Lipinski definition) is 0. The molecule has 0 saturated heterocycles. The maximum absolute atomic E-state index is 6.43. The fourth-order valence-corrected chi connectivity index (χ4v) is 6.84. The van der Waals surface area contributed by atoms with Crippen LogP contribution in [0.3, 0.4) is 0 Å². The van der Waals surface area contributed by atoms with E-state index in [1.165, 1.54) is 16.7 Å². The van der Waals surface area contributed by atoms with Crippen molar-refractivity contribution in [1.29, 1.82) is 0 Å². The molecule has 48 heavy (non-hydrogen) atoms. The molecule has 5 aromatic carbocycles. The van der Waals surface area contributed by atoms with Gasteiger partial charge in [-0.2, -0.15) is 0 Å². The van der Waals surface area contributed by atoms with Crippen LogP contribution >= 0.6 is 0 Å². The van der Waals surface area contributed by atoms with Crippen LogP contribution in [0.1, 0.15) is 0 Å². The number of rotatable bonds is 4. The molecule has 0 aliphatic rings. The van der Waals surface area contributed by atoms with Crippen molar-refractivity contribution in [2.45, 2.75) is 0 Å². The van der Waals surface area contributed by atoms with E-state index in [-0.39, 0.29) is 21.1 Å². The van der Waals surface area contributed by atoms with Crippen LogP contribution in [0.5, 0.6) is 11.5 Å². The molecular formula is C41H23N5OPt. The zero-order valence-electron chi connectivity index (χ0n) is 25.2. The molecule has 228 valence electrons. The topological polar surface area (TPSA) is 56.7 Å². The van der Waals surface area contributed by atoms with Crippen LogP contribution in [0.15, 0.2) is 140 Å². The minimum atomic E-state index is 0. The second kappa shape index (κ2) is 11.1. The van der Waals surface area contributed by atoms with Crippen molar-refractivity contribution in [2.75, 3.05) is 0 Å². The minimum absolute atomic E-state index is 0. The molecular weight excluding hydrogens is 774 g/mol. The first kappa shape index (κ1) is 28.4. The van der Waals surface area contributed by atoms with E-state index in [0.29, 0.717) is 11.5 Å². The molecule has 10 aromatic rings. The Bertz CT molecular complexity index is 2830. The van der Waals surface area contributed by atoms with Crippen molar-refractivity contribution < 1.29 is 25.8 Å². The molecule has 0 saturated carbocycles. The molecule has 0 fully saturated rings. The molecule has 0 spiro atoms. The van der Waals surface area contributed by atoms with Crippen LogP contribution in [0.4, 0.5) is 0 Å². The van der Waals surface area contributed by atoms with Crippen molar-refractivity contribution in [3.63, 3.8) is 0 Å². The summed E-state index contributed by atoms with van der Waals surface area (Å²) in [6, 6.07) is 44.7. The molecule has 0 aliphatic heterocycles. The summed E-state index contributed by atoms with van der Waals surface area (Å²) in [5, 5.41) is 4.89. The van der Waals surface area contributed by atoms with Crippen LogP contribution in [-0.4, -0.2) is 23.8 Å². The summed E-state index contributed by atoms with van der Waals surface area (Å²) in [5.41, 5.74) is 9.28. The maximum atomic E-state index is 6.43. The van der Waals surface area contributed by atoms with Gasteiger partial charge in [-0.05, 0) is 45.8 Å².